The summed E-state index contributed by atoms with van der Waals surface area (Å²) in [6.45, 7) is 3.43. The van der Waals surface area contributed by atoms with Crippen molar-refractivity contribution in [1.82, 2.24) is 10.2 Å². The maximum Gasteiger partial charge on any atom is 0.230 e. The lowest BCUT2D eigenvalue weighted by Gasteiger charge is -2.29. The van der Waals surface area contributed by atoms with E-state index in [1.165, 1.54) is 0 Å². The number of likely N-dealkylation sites (tertiary alicyclic amines) is 1. The molecule has 2 saturated heterocycles. The summed E-state index contributed by atoms with van der Waals surface area (Å²) in [7, 11) is 0. The summed E-state index contributed by atoms with van der Waals surface area (Å²) in [4.78, 5) is 29.3. The molecule has 0 saturated carbocycles. The van der Waals surface area contributed by atoms with Gasteiger partial charge in [-0.15, -0.1) is 11.3 Å². The fourth-order valence-corrected chi connectivity index (χ4v) is 5.53. The molecule has 3 aliphatic heterocycles. The van der Waals surface area contributed by atoms with E-state index in [0.29, 0.717) is 19.6 Å². The summed E-state index contributed by atoms with van der Waals surface area (Å²) in [5, 5.41) is 5.01. The van der Waals surface area contributed by atoms with Crippen LogP contribution in [0.1, 0.15) is 17.4 Å². The molecule has 144 valence electrons. The number of nitrogens with zero attached hydrogens (tertiary/aromatic N) is 1. The topological polar surface area (TPSA) is 58.6 Å². The second-order valence-electron chi connectivity index (χ2n) is 8.01. The Morgan fingerprint density at radius 2 is 2.07 bits per heavy atom. The summed E-state index contributed by atoms with van der Waals surface area (Å²) < 4.78 is 6.35. The fourth-order valence-electron chi connectivity index (χ4n) is 4.89. The number of carbonyl (C=O) groups excluding carboxylic acids is 2. The first kappa shape index (κ1) is 17.6. The minimum atomic E-state index is -0.724. The van der Waals surface area contributed by atoms with E-state index >= 15 is 0 Å². The number of ether oxygens (including phenoxy) is 1. The molecular formula is C22H22N2O3S. The predicted octanol–water partition coefficient (Wildman–Crippen LogP) is 2.74. The van der Waals surface area contributed by atoms with Crippen LogP contribution in [0.3, 0.4) is 0 Å². The zero-order valence-corrected chi connectivity index (χ0v) is 16.4. The second-order valence-corrected chi connectivity index (χ2v) is 9.04. The third-order valence-electron chi connectivity index (χ3n) is 6.12. The Bertz CT molecular complexity index is 942. The number of amides is 2. The molecular weight excluding hydrogens is 372 g/mol. The van der Waals surface area contributed by atoms with Crippen molar-refractivity contribution in [2.75, 3.05) is 6.54 Å². The van der Waals surface area contributed by atoms with Crippen molar-refractivity contribution in [3.8, 4) is 0 Å². The Kier molecular flexibility index (Phi) is 3.96. The van der Waals surface area contributed by atoms with Crippen molar-refractivity contribution < 1.29 is 14.3 Å². The summed E-state index contributed by atoms with van der Waals surface area (Å²) in [5.41, 5.74) is -0.333. The molecule has 5 nitrogen and oxygen atoms in total. The lowest BCUT2D eigenvalue weighted by atomic mass is 9.72. The SMILES string of the molecule is C[C@@]12C=CC3(CN(Cc4ccccc4)C(=O)[C@H]3C1C(=O)NCc1cccs1)O2. The van der Waals surface area contributed by atoms with Crippen LogP contribution in [-0.2, 0) is 27.4 Å². The molecule has 0 radical (unpaired) electrons. The molecule has 4 heterocycles. The second kappa shape index (κ2) is 6.29. The molecule has 4 atom stereocenters. The number of thiophene rings is 1. The highest BCUT2D eigenvalue weighted by Crippen LogP contribution is 2.57. The van der Waals surface area contributed by atoms with E-state index in [9.17, 15) is 9.59 Å². The molecule has 2 unspecified atom stereocenters. The van der Waals surface area contributed by atoms with Crippen molar-refractivity contribution in [3.63, 3.8) is 0 Å². The predicted molar refractivity (Wildman–Crippen MR) is 106 cm³/mol. The van der Waals surface area contributed by atoms with Gasteiger partial charge in [-0.1, -0.05) is 48.6 Å². The molecule has 2 bridgehead atoms. The molecule has 1 aromatic carbocycles. The molecule has 2 amide bonds. The van der Waals surface area contributed by atoms with Crippen molar-refractivity contribution >= 4 is 23.2 Å². The average Bonchev–Trinajstić information content (AvgIpc) is 3.42. The van der Waals surface area contributed by atoms with Gasteiger partial charge in [0.1, 0.15) is 5.60 Å². The van der Waals surface area contributed by atoms with Gasteiger partial charge in [-0.3, -0.25) is 9.59 Å². The van der Waals surface area contributed by atoms with Crippen LogP contribution in [-0.4, -0.2) is 34.5 Å². The van der Waals surface area contributed by atoms with Crippen LogP contribution in [0.25, 0.3) is 0 Å². The van der Waals surface area contributed by atoms with Crippen LogP contribution in [0.4, 0.5) is 0 Å². The summed E-state index contributed by atoms with van der Waals surface area (Å²) >= 11 is 1.61. The summed E-state index contributed by atoms with van der Waals surface area (Å²) in [6, 6.07) is 13.9. The van der Waals surface area contributed by atoms with E-state index < -0.39 is 23.0 Å². The van der Waals surface area contributed by atoms with E-state index in [1.807, 2.05) is 71.8 Å². The molecule has 28 heavy (non-hydrogen) atoms. The van der Waals surface area contributed by atoms with E-state index in [2.05, 4.69) is 5.32 Å². The van der Waals surface area contributed by atoms with Crippen molar-refractivity contribution in [1.29, 1.82) is 0 Å². The molecule has 3 aliphatic rings. The number of nitrogens with one attached hydrogen (secondary N) is 1. The van der Waals surface area contributed by atoms with Gasteiger partial charge in [0, 0.05) is 11.4 Å². The molecule has 1 aromatic heterocycles. The van der Waals surface area contributed by atoms with E-state index in [0.717, 1.165) is 10.4 Å². The first-order valence-electron chi connectivity index (χ1n) is 9.54. The Morgan fingerprint density at radius 1 is 1.25 bits per heavy atom. The van der Waals surface area contributed by atoms with Crippen LogP contribution in [0, 0.1) is 11.8 Å². The van der Waals surface area contributed by atoms with Gasteiger partial charge in [0.2, 0.25) is 11.8 Å². The van der Waals surface area contributed by atoms with Crippen molar-refractivity contribution in [3.05, 3.63) is 70.4 Å². The summed E-state index contributed by atoms with van der Waals surface area (Å²) in [5.74, 6) is -1.07. The number of benzene rings is 1. The number of hydrogen-bond donors (Lipinski definition) is 1. The Morgan fingerprint density at radius 3 is 2.82 bits per heavy atom. The largest absolute Gasteiger partial charge is 0.357 e. The lowest BCUT2D eigenvalue weighted by Crippen LogP contribution is -2.47. The van der Waals surface area contributed by atoms with Crippen LogP contribution in [0.5, 0.6) is 0 Å². The average molecular weight is 394 g/mol. The van der Waals surface area contributed by atoms with Gasteiger partial charge < -0.3 is 15.0 Å². The van der Waals surface area contributed by atoms with Gasteiger partial charge in [-0.2, -0.15) is 0 Å². The zero-order chi connectivity index (χ0) is 19.4. The van der Waals surface area contributed by atoms with Crippen LogP contribution in [0.15, 0.2) is 60.0 Å². The molecule has 2 fully saturated rings. The fraction of sp³-hybridized carbons (Fsp3) is 0.364. The van der Waals surface area contributed by atoms with Crippen molar-refractivity contribution in [2.24, 2.45) is 11.8 Å². The van der Waals surface area contributed by atoms with E-state index in [-0.39, 0.29) is 11.8 Å². The van der Waals surface area contributed by atoms with Gasteiger partial charge >= 0.3 is 0 Å². The lowest BCUT2D eigenvalue weighted by molar-refractivity contribution is -0.139. The number of fused-ring (bicyclic) bond motifs is 1. The standard InChI is InChI=1S/C22H22N2O3S/c1-21-9-10-22(27-21)14-24(13-15-6-3-2-4-7-15)20(26)18(22)17(21)19(25)23-12-16-8-5-11-28-16/h2-11,17-18H,12-14H2,1H3,(H,23,25)/t17?,18-,21-,22?/m1/s1. The highest BCUT2D eigenvalue weighted by Gasteiger charge is 2.71. The minimum absolute atomic E-state index is 0.00759. The summed E-state index contributed by atoms with van der Waals surface area (Å²) in [6.07, 6.45) is 3.97. The molecule has 1 N–H and O–H groups in total. The molecule has 0 aliphatic carbocycles. The van der Waals surface area contributed by atoms with Crippen molar-refractivity contribution in [2.45, 2.75) is 31.2 Å². The third-order valence-corrected chi connectivity index (χ3v) is 6.99. The van der Waals surface area contributed by atoms with Crippen LogP contribution in [0.2, 0.25) is 0 Å². The number of hydrogen-bond acceptors (Lipinski definition) is 4. The molecule has 5 rings (SSSR count). The Labute approximate surface area is 168 Å². The van der Waals surface area contributed by atoms with Gasteiger partial charge in [0.15, 0.2) is 0 Å². The maximum absolute atomic E-state index is 13.3. The maximum atomic E-state index is 13.3. The number of carbonyl (C=O) groups is 2. The molecule has 1 spiro atoms. The normalized spacial score (nSPS) is 32.8. The molecule has 6 heteroatoms. The van der Waals surface area contributed by atoms with Gasteiger partial charge in [0.05, 0.1) is 30.5 Å². The first-order chi connectivity index (χ1) is 13.5. The molecule has 2 aromatic rings. The van der Waals surface area contributed by atoms with Crippen LogP contribution < -0.4 is 5.32 Å². The van der Waals surface area contributed by atoms with Gasteiger partial charge in [0.25, 0.3) is 0 Å². The zero-order valence-electron chi connectivity index (χ0n) is 15.6. The van der Waals surface area contributed by atoms with Gasteiger partial charge in [-0.25, -0.2) is 0 Å². The smallest absolute Gasteiger partial charge is 0.230 e. The quantitative estimate of drug-likeness (QED) is 0.794. The highest BCUT2D eigenvalue weighted by atomic mass is 32.1. The monoisotopic (exact) mass is 394 g/mol. The van der Waals surface area contributed by atoms with Crippen LogP contribution >= 0.6 is 11.3 Å². The number of rotatable bonds is 5. The first-order valence-corrected chi connectivity index (χ1v) is 10.4. The third kappa shape index (κ3) is 2.63. The van der Waals surface area contributed by atoms with Gasteiger partial charge in [-0.05, 0) is 23.9 Å². The minimum Gasteiger partial charge on any atom is -0.357 e. The Balaban J connectivity index is 1.38. The van der Waals surface area contributed by atoms with E-state index in [1.54, 1.807) is 11.3 Å². The Hall–Kier alpha value is -2.44. The van der Waals surface area contributed by atoms with E-state index in [4.69, 9.17) is 4.74 Å². The highest BCUT2D eigenvalue weighted by molar-refractivity contribution is 7.09.